The van der Waals surface area contributed by atoms with Crippen LogP contribution in [0.1, 0.15) is 12.2 Å². The number of halogens is 3. The third-order valence-corrected chi connectivity index (χ3v) is 6.59. The Morgan fingerprint density at radius 1 is 1.30 bits per heavy atom. The van der Waals surface area contributed by atoms with E-state index >= 15 is 0 Å². The first kappa shape index (κ1) is 24.8. The van der Waals surface area contributed by atoms with Gasteiger partial charge in [0, 0.05) is 18.3 Å². The van der Waals surface area contributed by atoms with E-state index in [2.05, 4.69) is 20.4 Å². The molecule has 3 aromatic heterocycles. The molecule has 0 saturated carbocycles. The van der Waals surface area contributed by atoms with Crippen LogP contribution in [0.4, 0.5) is 19.1 Å². The lowest BCUT2D eigenvalue weighted by molar-refractivity contribution is -0.136. The number of aryl methyl sites for hydroxylation is 1. The van der Waals surface area contributed by atoms with E-state index in [4.69, 9.17) is 9.84 Å². The van der Waals surface area contributed by atoms with Gasteiger partial charge in [-0.2, -0.15) is 4.98 Å². The van der Waals surface area contributed by atoms with Gasteiger partial charge < -0.3 is 24.6 Å². The zero-order valence-corrected chi connectivity index (χ0v) is 20.2. The van der Waals surface area contributed by atoms with E-state index in [0.717, 1.165) is 11.1 Å². The second-order valence-electron chi connectivity index (χ2n) is 8.88. The number of aliphatic hydroxyl groups is 1. The molecule has 1 aliphatic heterocycles. The van der Waals surface area contributed by atoms with Crippen LogP contribution in [0.25, 0.3) is 27.7 Å². The molecule has 0 radical (unpaired) electrons. The van der Waals surface area contributed by atoms with Crippen LogP contribution in [0.3, 0.4) is 0 Å². The summed E-state index contributed by atoms with van der Waals surface area (Å²) in [6, 6.07) is 6.61. The summed E-state index contributed by atoms with van der Waals surface area (Å²) in [7, 11) is 1.46. The number of hydrogen-bond acceptors (Lipinski definition) is 7. The molecule has 1 aliphatic rings. The fourth-order valence-electron chi connectivity index (χ4n) is 4.77. The maximum Gasteiger partial charge on any atom is 0.256 e. The van der Waals surface area contributed by atoms with Crippen LogP contribution in [0, 0.1) is 6.92 Å². The van der Waals surface area contributed by atoms with E-state index in [1.807, 2.05) is 12.1 Å². The molecular weight excluding hydrogens is 491 g/mol. The number of hydrogen-bond donors (Lipinski definition) is 2. The Morgan fingerprint density at radius 2 is 2.11 bits per heavy atom. The van der Waals surface area contributed by atoms with E-state index in [9.17, 15) is 18.0 Å². The minimum atomic E-state index is -2.51. The number of methoxy groups -OCH3 is 1. The number of imidazole rings is 1. The van der Waals surface area contributed by atoms with Crippen molar-refractivity contribution in [2.75, 3.05) is 32.1 Å². The summed E-state index contributed by atoms with van der Waals surface area (Å²) >= 11 is 0. The molecule has 1 aromatic carbocycles. The average molecular weight is 518 g/mol. The Labute approximate surface area is 209 Å². The summed E-state index contributed by atoms with van der Waals surface area (Å²) in [5.74, 6) is 0.398. The molecule has 1 saturated heterocycles. The predicted molar refractivity (Wildman–Crippen MR) is 130 cm³/mol. The summed E-state index contributed by atoms with van der Waals surface area (Å²) in [6.45, 7) is 0.756. The molecule has 10 nitrogen and oxygen atoms in total. The summed E-state index contributed by atoms with van der Waals surface area (Å²) in [6.07, 6.45) is -1.86. The third kappa shape index (κ3) is 4.66. The molecule has 13 heteroatoms. The second kappa shape index (κ2) is 9.88. The number of aliphatic hydroxyl groups excluding tert-OH is 1. The molecule has 2 N–H and O–H groups in total. The standard InChI is InChI=1S/C24H26F3N7O3/c1-13-28-18-4-3-14(9-19(18)33(13)11-20(26)27)15-5-8-34-22(15)23(37-2)30-24(31-34)29-17-6-7-32(10-16(17)25)21(36)12-35/h3-5,8-9,16-17,20,35H,6-7,10-12H2,1-2H3,(H,29,31)/t16-,17+/m1/s1. The first-order chi connectivity index (χ1) is 17.8. The molecule has 0 spiro atoms. The lowest BCUT2D eigenvalue weighted by Crippen LogP contribution is -2.50. The topological polar surface area (TPSA) is 110 Å². The highest BCUT2D eigenvalue weighted by Crippen LogP contribution is 2.33. The predicted octanol–water partition coefficient (Wildman–Crippen LogP) is 2.67. The van der Waals surface area contributed by atoms with Crippen LogP contribution >= 0.6 is 0 Å². The molecule has 4 aromatic rings. The van der Waals surface area contributed by atoms with Gasteiger partial charge in [0.15, 0.2) is 0 Å². The smallest absolute Gasteiger partial charge is 0.256 e. The average Bonchev–Trinajstić information content (AvgIpc) is 3.44. The number of ether oxygens (including phenoxy) is 1. The first-order valence-electron chi connectivity index (χ1n) is 11.8. The number of aromatic nitrogens is 5. The fourth-order valence-corrected chi connectivity index (χ4v) is 4.77. The summed E-state index contributed by atoms with van der Waals surface area (Å²) < 4.78 is 49.6. The Balaban J connectivity index is 1.46. The van der Waals surface area contributed by atoms with Gasteiger partial charge in [0.2, 0.25) is 17.7 Å². The largest absolute Gasteiger partial charge is 0.479 e. The molecule has 1 fully saturated rings. The van der Waals surface area contributed by atoms with Crippen molar-refractivity contribution in [1.29, 1.82) is 0 Å². The van der Waals surface area contributed by atoms with Gasteiger partial charge in [-0.3, -0.25) is 4.79 Å². The van der Waals surface area contributed by atoms with Crippen LogP contribution in [-0.2, 0) is 11.3 Å². The number of anilines is 1. The van der Waals surface area contributed by atoms with Gasteiger partial charge >= 0.3 is 0 Å². The van der Waals surface area contributed by atoms with Gasteiger partial charge in [-0.15, -0.1) is 5.10 Å². The second-order valence-corrected chi connectivity index (χ2v) is 8.88. The zero-order valence-electron chi connectivity index (χ0n) is 20.2. The van der Waals surface area contributed by atoms with Crippen LogP contribution < -0.4 is 10.1 Å². The van der Waals surface area contributed by atoms with Crippen LogP contribution in [0.2, 0.25) is 0 Å². The quantitative estimate of drug-likeness (QED) is 0.388. The molecule has 196 valence electrons. The molecule has 5 rings (SSSR count). The molecule has 4 heterocycles. The number of amides is 1. The fraction of sp³-hybridized carbons (Fsp3) is 0.417. The highest BCUT2D eigenvalue weighted by atomic mass is 19.3. The van der Waals surface area contributed by atoms with Crippen LogP contribution in [0.15, 0.2) is 30.5 Å². The van der Waals surface area contributed by atoms with Crippen molar-refractivity contribution < 1.29 is 27.8 Å². The summed E-state index contributed by atoms with van der Waals surface area (Å²) in [5, 5.41) is 16.5. The minimum Gasteiger partial charge on any atom is -0.479 e. The maximum atomic E-state index is 14.8. The number of nitrogens with one attached hydrogen (secondary N) is 1. The number of carbonyl (C=O) groups is 1. The molecule has 1 amide bonds. The molecule has 37 heavy (non-hydrogen) atoms. The number of benzene rings is 1. The van der Waals surface area contributed by atoms with Crippen molar-refractivity contribution in [3.63, 3.8) is 0 Å². The lowest BCUT2D eigenvalue weighted by Gasteiger charge is -2.34. The van der Waals surface area contributed by atoms with Gasteiger partial charge in [0.05, 0.1) is 37.3 Å². The number of rotatable bonds is 7. The number of fused-ring (bicyclic) bond motifs is 2. The first-order valence-corrected chi connectivity index (χ1v) is 11.8. The normalized spacial score (nSPS) is 18.2. The van der Waals surface area contributed by atoms with Crippen molar-refractivity contribution in [2.24, 2.45) is 0 Å². The summed E-state index contributed by atoms with van der Waals surface area (Å²) in [4.78, 5) is 21.8. The van der Waals surface area contributed by atoms with Crippen molar-refractivity contribution >= 4 is 28.4 Å². The molecule has 0 unspecified atom stereocenters. The van der Waals surface area contributed by atoms with Crippen LogP contribution in [-0.4, -0.2) is 85.5 Å². The molecule has 0 aliphatic carbocycles. The summed E-state index contributed by atoms with van der Waals surface area (Å²) in [5.41, 5.74) is 3.24. The van der Waals surface area contributed by atoms with Crippen molar-refractivity contribution in [2.45, 2.75) is 38.5 Å². The van der Waals surface area contributed by atoms with Crippen molar-refractivity contribution in [3.8, 4) is 17.0 Å². The van der Waals surface area contributed by atoms with Crippen LogP contribution in [0.5, 0.6) is 5.88 Å². The van der Waals surface area contributed by atoms with E-state index in [0.29, 0.717) is 35.3 Å². The Bertz CT molecular complexity index is 1450. The zero-order chi connectivity index (χ0) is 26.3. The number of likely N-dealkylation sites (tertiary alicyclic amines) is 1. The molecule has 2 atom stereocenters. The third-order valence-electron chi connectivity index (χ3n) is 6.59. The van der Waals surface area contributed by atoms with Crippen molar-refractivity contribution in [3.05, 3.63) is 36.3 Å². The van der Waals surface area contributed by atoms with E-state index in [-0.39, 0.29) is 18.4 Å². The van der Waals surface area contributed by atoms with E-state index in [1.54, 1.807) is 29.8 Å². The van der Waals surface area contributed by atoms with Gasteiger partial charge in [0.25, 0.3) is 6.43 Å². The SMILES string of the molecule is COc1nc(N[C@H]2CCN(C(=O)CO)C[C@H]2F)nn2ccc(-c3ccc4nc(C)n(CC(F)F)c4c3)c12. The van der Waals surface area contributed by atoms with Gasteiger partial charge in [0.1, 0.15) is 24.1 Å². The number of nitrogens with zero attached hydrogens (tertiary/aromatic N) is 6. The Kier molecular flexibility index (Phi) is 6.63. The Morgan fingerprint density at radius 3 is 2.81 bits per heavy atom. The van der Waals surface area contributed by atoms with Crippen molar-refractivity contribution in [1.82, 2.24) is 29.0 Å². The lowest BCUT2D eigenvalue weighted by atomic mass is 10.0. The van der Waals surface area contributed by atoms with E-state index in [1.165, 1.54) is 16.6 Å². The number of piperidine rings is 1. The highest BCUT2D eigenvalue weighted by molar-refractivity contribution is 5.90. The highest BCUT2D eigenvalue weighted by Gasteiger charge is 2.32. The number of alkyl halides is 3. The molecular formula is C24H26F3N7O3. The van der Waals surface area contributed by atoms with Gasteiger partial charge in [-0.25, -0.2) is 22.7 Å². The molecule has 0 bridgehead atoms. The minimum absolute atomic E-state index is 0.131. The maximum absolute atomic E-state index is 14.8. The monoisotopic (exact) mass is 517 g/mol. The van der Waals surface area contributed by atoms with Gasteiger partial charge in [-0.1, -0.05) is 6.07 Å². The Hall–Kier alpha value is -3.87. The van der Waals surface area contributed by atoms with Gasteiger partial charge in [-0.05, 0) is 37.1 Å². The number of carbonyl (C=O) groups excluding carboxylic acids is 1. The van der Waals surface area contributed by atoms with E-state index < -0.39 is 37.7 Å².